The fourth-order valence-corrected chi connectivity index (χ4v) is 3.36. The molecule has 1 aliphatic heterocycles. The molecule has 1 saturated heterocycles. The number of carboxylic acids is 1. The number of aryl methyl sites for hydroxylation is 1. The summed E-state index contributed by atoms with van der Waals surface area (Å²) >= 11 is 0. The first-order valence-corrected chi connectivity index (χ1v) is 8.65. The molecule has 1 aliphatic rings. The predicted octanol–water partition coefficient (Wildman–Crippen LogP) is 3.72. The molecule has 1 atom stereocenters. The van der Waals surface area contributed by atoms with E-state index in [1.165, 1.54) is 17.5 Å². The maximum atomic E-state index is 11.0. The van der Waals surface area contributed by atoms with Gasteiger partial charge in [-0.1, -0.05) is 25.1 Å². The van der Waals surface area contributed by atoms with Gasteiger partial charge in [-0.2, -0.15) is 0 Å². The molecule has 2 aromatic rings. The highest BCUT2D eigenvalue weighted by molar-refractivity contribution is 5.87. The maximum absolute atomic E-state index is 11.0. The van der Waals surface area contributed by atoms with Gasteiger partial charge in [-0.05, 0) is 61.1 Å². The standard InChI is InChI=1S/C20H24N2O2/c1-2-15-5-10-19(21-12-15)14-22-11-3-4-18(13-22)16-6-8-17(9-7-16)20(23)24/h5-10,12,18H,2-4,11,13-14H2,1H3,(H,23,24)/t18-/m0/s1. The molecule has 0 spiro atoms. The third-order valence-electron chi connectivity index (χ3n) is 4.81. The molecular weight excluding hydrogens is 300 g/mol. The van der Waals surface area contributed by atoms with Crippen LogP contribution in [0.15, 0.2) is 42.6 Å². The number of nitrogens with zero attached hydrogens (tertiary/aromatic N) is 2. The van der Waals surface area contributed by atoms with Crippen molar-refractivity contribution in [2.45, 2.75) is 38.6 Å². The van der Waals surface area contributed by atoms with Gasteiger partial charge >= 0.3 is 5.97 Å². The lowest BCUT2D eigenvalue weighted by molar-refractivity contribution is 0.0697. The maximum Gasteiger partial charge on any atom is 0.335 e. The zero-order valence-corrected chi connectivity index (χ0v) is 14.1. The van der Waals surface area contributed by atoms with Gasteiger partial charge in [0, 0.05) is 19.3 Å². The minimum absolute atomic E-state index is 0.353. The number of benzene rings is 1. The average Bonchev–Trinajstić information content (AvgIpc) is 2.63. The minimum atomic E-state index is -0.867. The molecular formula is C20H24N2O2. The molecule has 0 radical (unpaired) electrons. The fourth-order valence-electron chi connectivity index (χ4n) is 3.36. The van der Waals surface area contributed by atoms with Crippen LogP contribution in [0.3, 0.4) is 0 Å². The first-order chi connectivity index (χ1) is 11.7. The van der Waals surface area contributed by atoms with E-state index in [0.29, 0.717) is 11.5 Å². The number of aromatic nitrogens is 1. The summed E-state index contributed by atoms with van der Waals surface area (Å²) in [5, 5.41) is 9.01. The van der Waals surface area contributed by atoms with Crippen molar-refractivity contribution in [3.63, 3.8) is 0 Å². The quantitative estimate of drug-likeness (QED) is 0.910. The van der Waals surface area contributed by atoms with E-state index in [-0.39, 0.29) is 0 Å². The zero-order valence-electron chi connectivity index (χ0n) is 14.1. The largest absolute Gasteiger partial charge is 0.478 e. The van der Waals surface area contributed by atoms with Crippen molar-refractivity contribution in [2.24, 2.45) is 0 Å². The first kappa shape index (κ1) is 16.7. The Morgan fingerprint density at radius 1 is 1.25 bits per heavy atom. The van der Waals surface area contributed by atoms with Gasteiger partial charge < -0.3 is 5.11 Å². The molecule has 24 heavy (non-hydrogen) atoms. The van der Waals surface area contributed by atoms with E-state index in [9.17, 15) is 4.79 Å². The number of rotatable bonds is 5. The molecule has 0 aliphatic carbocycles. The van der Waals surface area contributed by atoms with Crippen LogP contribution in [0.1, 0.15) is 52.9 Å². The predicted molar refractivity (Wildman–Crippen MR) is 94.3 cm³/mol. The summed E-state index contributed by atoms with van der Waals surface area (Å²) in [5.41, 5.74) is 3.98. The van der Waals surface area contributed by atoms with Crippen molar-refractivity contribution in [3.05, 3.63) is 65.0 Å². The molecule has 4 nitrogen and oxygen atoms in total. The van der Waals surface area contributed by atoms with Crippen LogP contribution in [0.4, 0.5) is 0 Å². The lowest BCUT2D eigenvalue weighted by Crippen LogP contribution is -2.34. The van der Waals surface area contributed by atoms with Gasteiger partial charge in [-0.15, -0.1) is 0 Å². The normalized spacial score (nSPS) is 18.5. The zero-order chi connectivity index (χ0) is 16.9. The van der Waals surface area contributed by atoms with Gasteiger partial charge in [-0.3, -0.25) is 9.88 Å². The van der Waals surface area contributed by atoms with E-state index in [4.69, 9.17) is 5.11 Å². The van der Waals surface area contributed by atoms with Crippen LogP contribution in [0.5, 0.6) is 0 Å². The molecule has 1 N–H and O–H groups in total. The molecule has 1 aromatic carbocycles. The van der Waals surface area contributed by atoms with E-state index in [1.54, 1.807) is 12.1 Å². The summed E-state index contributed by atoms with van der Waals surface area (Å²) in [6.07, 6.45) is 5.32. The van der Waals surface area contributed by atoms with Crippen LogP contribution in [0.2, 0.25) is 0 Å². The number of likely N-dealkylation sites (tertiary alicyclic amines) is 1. The summed E-state index contributed by atoms with van der Waals surface area (Å²) in [7, 11) is 0. The molecule has 0 bridgehead atoms. The van der Waals surface area contributed by atoms with Crippen molar-refractivity contribution in [1.82, 2.24) is 9.88 Å². The van der Waals surface area contributed by atoms with Gasteiger partial charge in [0.15, 0.2) is 0 Å². The molecule has 4 heteroatoms. The van der Waals surface area contributed by atoms with E-state index in [0.717, 1.165) is 38.2 Å². The molecule has 0 unspecified atom stereocenters. The highest BCUT2D eigenvalue weighted by Gasteiger charge is 2.21. The van der Waals surface area contributed by atoms with Crippen molar-refractivity contribution in [3.8, 4) is 0 Å². The Balaban J connectivity index is 1.64. The van der Waals surface area contributed by atoms with Crippen LogP contribution < -0.4 is 0 Å². The number of piperidine rings is 1. The smallest absolute Gasteiger partial charge is 0.335 e. The minimum Gasteiger partial charge on any atom is -0.478 e. The molecule has 126 valence electrons. The molecule has 1 fully saturated rings. The Kier molecular flexibility index (Phi) is 5.26. The van der Waals surface area contributed by atoms with Crippen LogP contribution in [-0.4, -0.2) is 34.0 Å². The topological polar surface area (TPSA) is 53.4 Å². The lowest BCUT2D eigenvalue weighted by Gasteiger charge is -2.32. The Hall–Kier alpha value is -2.20. The van der Waals surface area contributed by atoms with Crippen molar-refractivity contribution in [2.75, 3.05) is 13.1 Å². The third-order valence-corrected chi connectivity index (χ3v) is 4.81. The molecule has 0 amide bonds. The second kappa shape index (κ2) is 7.58. The summed E-state index contributed by atoms with van der Waals surface area (Å²) in [6.45, 7) is 5.12. The Morgan fingerprint density at radius 3 is 2.67 bits per heavy atom. The third kappa shape index (κ3) is 4.01. The van der Waals surface area contributed by atoms with Gasteiger partial charge in [0.1, 0.15) is 0 Å². The molecule has 0 saturated carbocycles. The van der Waals surface area contributed by atoms with Crippen molar-refractivity contribution >= 4 is 5.97 Å². The molecule has 3 rings (SSSR count). The summed E-state index contributed by atoms with van der Waals surface area (Å²) in [6, 6.07) is 11.6. The fraction of sp³-hybridized carbons (Fsp3) is 0.400. The number of hydrogen-bond acceptors (Lipinski definition) is 3. The Morgan fingerprint density at radius 2 is 2.04 bits per heavy atom. The van der Waals surface area contributed by atoms with E-state index in [2.05, 4.69) is 28.9 Å². The molecule has 1 aromatic heterocycles. The average molecular weight is 324 g/mol. The number of carbonyl (C=O) groups is 1. The summed E-state index contributed by atoms with van der Waals surface area (Å²) in [4.78, 5) is 18.0. The van der Waals surface area contributed by atoms with E-state index < -0.39 is 5.97 Å². The van der Waals surface area contributed by atoms with Crippen LogP contribution in [0, 0.1) is 0 Å². The van der Waals surface area contributed by atoms with Crippen LogP contribution in [0.25, 0.3) is 0 Å². The van der Waals surface area contributed by atoms with E-state index in [1.807, 2.05) is 18.3 Å². The SMILES string of the molecule is CCc1ccc(CN2CCC[C@H](c3ccc(C(=O)O)cc3)C2)nc1. The van der Waals surface area contributed by atoms with Crippen LogP contribution >= 0.6 is 0 Å². The van der Waals surface area contributed by atoms with Gasteiger partial charge in [-0.25, -0.2) is 4.79 Å². The van der Waals surface area contributed by atoms with E-state index >= 15 is 0 Å². The second-order valence-corrected chi connectivity index (χ2v) is 6.51. The Bertz CT molecular complexity index is 680. The van der Waals surface area contributed by atoms with Crippen molar-refractivity contribution in [1.29, 1.82) is 0 Å². The van der Waals surface area contributed by atoms with Crippen LogP contribution in [-0.2, 0) is 13.0 Å². The lowest BCUT2D eigenvalue weighted by atomic mass is 9.90. The Labute approximate surface area is 143 Å². The van der Waals surface area contributed by atoms with Gasteiger partial charge in [0.25, 0.3) is 0 Å². The van der Waals surface area contributed by atoms with Gasteiger partial charge in [0.05, 0.1) is 11.3 Å². The molecule has 2 heterocycles. The monoisotopic (exact) mass is 324 g/mol. The van der Waals surface area contributed by atoms with Crippen molar-refractivity contribution < 1.29 is 9.90 Å². The second-order valence-electron chi connectivity index (χ2n) is 6.51. The van der Waals surface area contributed by atoms with Gasteiger partial charge in [0.2, 0.25) is 0 Å². The number of carboxylic acid groups (broad SMARTS) is 1. The number of pyridine rings is 1. The highest BCUT2D eigenvalue weighted by atomic mass is 16.4. The summed E-state index contributed by atoms with van der Waals surface area (Å²) < 4.78 is 0. The highest BCUT2D eigenvalue weighted by Crippen LogP contribution is 2.27. The first-order valence-electron chi connectivity index (χ1n) is 8.65. The number of hydrogen-bond donors (Lipinski definition) is 1. The summed E-state index contributed by atoms with van der Waals surface area (Å²) in [5.74, 6) is -0.398. The number of aromatic carboxylic acids is 1.